The molecule has 4 aromatic rings. The van der Waals surface area contributed by atoms with Crippen LogP contribution in [0.3, 0.4) is 0 Å². The highest BCUT2D eigenvalue weighted by Crippen LogP contribution is 2.35. The minimum Gasteiger partial charge on any atom is -0.453 e. The summed E-state index contributed by atoms with van der Waals surface area (Å²) in [6.45, 7) is 1.63. The van der Waals surface area contributed by atoms with Gasteiger partial charge in [-0.3, -0.25) is 9.20 Å². The molecular weight excluding hydrogens is 454 g/mol. The van der Waals surface area contributed by atoms with Gasteiger partial charge >= 0.3 is 0 Å². The number of hydrogen-bond donors (Lipinski definition) is 1. The molecule has 0 atom stereocenters. The Kier molecular flexibility index (Phi) is 5.99. The molecule has 1 amide bonds. The largest absolute Gasteiger partial charge is 0.453 e. The van der Waals surface area contributed by atoms with Crippen molar-refractivity contribution in [1.29, 1.82) is 5.26 Å². The molecule has 0 spiro atoms. The second kappa shape index (κ2) is 8.87. The van der Waals surface area contributed by atoms with E-state index in [9.17, 15) is 4.79 Å². The molecule has 0 saturated carbocycles. The molecule has 0 radical (unpaired) electrons. The number of hydrogen-bond acceptors (Lipinski definition) is 4. The van der Waals surface area contributed by atoms with Crippen molar-refractivity contribution in [1.82, 2.24) is 14.7 Å². The van der Waals surface area contributed by atoms with Crippen molar-refractivity contribution < 1.29 is 13.9 Å². The van der Waals surface area contributed by atoms with Crippen molar-refractivity contribution in [2.75, 3.05) is 0 Å². The molecule has 0 saturated heterocycles. The van der Waals surface area contributed by atoms with Gasteiger partial charge in [0.25, 0.3) is 5.91 Å². The summed E-state index contributed by atoms with van der Waals surface area (Å²) in [7, 11) is 0. The van der Waals surface area contributed by atoms with Crippen molar-refractivity contribution in [3.8, 4) is 17.6 Å². The molecule has 0 aliphatic heterocycles. The number of carbonyl (C=O) groups is 1. The maximum absolute atomic E-state index is 15.2. The summed E-state index contributed by atoms with van der Waals surface area (Å²) >= 11 is 12.1. The Labute approximate surface area is 192 Å². The van der Waals surface area contributed by atoms with Gasteiger partial charge < -0.3 is 10.1 Å². The molecule has 2 aromatic carbocycles. The van der Waals surface area contributed by atoms with Gasteiger partial charge in [-0.1, -0.05) is 35.3 Å². The third-order valence-corrected chi connectivity index (χ3v) is 5.22. The molecule has 0 aliphatic carbocycles. The van der Waals surface area contributed by atoms with Crippen molar-refractivity contribution >= 4 is 34.8 Å². The molecular formula is C23H15Cl2FN4O2. The van der Waals surface area contributed by atoms with Crippen LogP contribution in [-0.2, 0) is 6.54 Å². The van der Waals surface area contributed by atoms with Crippen LogP contribution in [0.4, 0.5) is 4.39 Å². The molecule has 4 rings (SSSR count). The van der Waals surface area contributed by atoms with E-state index in [4.69, 9.17) is 33.2 Å². The first-order valence-electron chi connectivity index (χ1n) is 9.44. The maximum Gasteiger partial charge on any atom is 0.270 e. The molecule has 160 valence electrons. The first-order chi connectivity index (χ1) is 15.4. The molecule has 0 aliphatic rings. The van der Waals surface area contributed by atoms with E-state index >= 15 is 4.39 Å². The zero-order chi connectivity index (χ0) is 22.8. The number of benzene rings is 2. The normalized spacial score (nSPS) is 10.7. The number of nitrogens with zero attached hydrogens (tertiary/aromatic N) is 3. The molecule has 9 heteroatoms. The number of nitrogens with one attached hydrogen (secondary N) is 1. The molecule has 32 heavy (non-hydrogen) atoms. The number of halogens is 3. The van der Waals surface area contributed by atoms with Gasteiger partial charge in [0.1, 0.15) is 17.1 Å². The van der Waals surface area contributed by atoms with Crippen molar-refractivity contribution in [2.24, 2.45) is 0 Å². The number of imidazole rings is 1. The van der Waals surface area contributed by atoms with E-state index in [2.05, 4.69) is 10.3 Å². The summed E-state index contributed by atoms with van der Waals surface area (Å²) in [6, 6.07) is 14.6. The Morgan fingerprint density at radius 2 is 2.06 bits per heavy atom. The number of pyridine rings is 1. The van der Waals surface area contributed by atoms with Crippen LogP contribution in [0.25, 0.3) is 5.65 Å². The summed E-state index contributed by atoms with van der Waals surface area (Å²) in [6.07, 6.45) is 1.74. The number of fused-ring (bicyclic) bond motifs is 1. The van der Waals surface area contributed by atoms with Gasteiger partial charge in [-0.05, 0) is 43.3 Å². The third-order valence-electron chi connectivity index (χ3n) is 4.71. The molecule has 2 heterocycles. The lowest BCUT2D eigenvalue weighted by Crippen LogP contribution is -2.25. The first-order valence-corrected chi connectivity index (χ1v) is 10.2. The van der Waals surface area contributed by atoms with Crippen LogP contribution in [-0.4, -0.2) is 15.3 Å². The highest BCUT2D eigenvalue weighted by atomic mass is 35.5. The predicted octanol–water partition coefficient (Wildman–Crippen LogP) is 5.68. The van der Waals surface area contributed by atoms with Crippen LogP contribution < -0.4 is 10.1 Å². The van der Waals surface area contributed by atoms with Crippen LogP contribution in [0.2, 0.25) is 10.0 Å². The summed E-state index contributed by atoms with van der Waals surface area (Å²) in [5.74, 6) is -1.19. The zero-order valence-corrected chi connectivity index (χ0v) is 18.2. The monoisotopic (exact) mass is 468 g/mol. The number of rotatable bonds is 5. The fourth-order valence-electron chi connectivity index (χ4n) is 3.25. The fourth-order valence-corrected chi connectivity index (χ4v) is 3.66. The summed E-state index contributed by atoms with van der Waals surface area (Å²) in [4.78, 5) is 17.1. The van der Waals surface area contributed by atoms with E-state index < -0.39 is 11.7 Å². The SMILES string of the molecule is Cc1nc2ccccn2c1C(=O)NCc1ccc(Cl)c(Oc2cc(Cl)cc(C#N)c2)c1F. The quantitative estimate of drug-likeness (QED) is 0.408. The first kappa shape index (κ1) is 21.6. The highest BCUT2D eigenvalue weighted by Gasteiger charge is 2.19. The van der Waals surface area contributed by atoms with E-state index in [0.29, 0.717) is 17.0 Å². The van der Waals surface area contributed by atoms with Gasteiger partial charge in [0.2, 0.25) is 0 Å². The van der Waals surface area contributed by atoms with Gasteiger partial charge in [0, 0.05) is 23.3 Å². The average Bonchev–Trinajstić information content (AvgIpc) is 3.11. The minimum atomic E-state index is -0.730. The molecule has 0 bridgehead atoms. The minimum absolute atomic E-state index is 0.0358. The summed E-state index contributed by atoms with van der Waals surface area (Å²) in [5, 5.41) is 12.1. The summed E-state index contributed by atoms with van der Waals surface area (Å²) < 4.78 is 22.4. The highest BCUT2D eigenvalue weighted by molar-refractivity contribution is 6.32. The van der Waals surface area contributed by atoms with Crippen LogP contribution >= 0.6 is 23.2 Å². The van der Waals surface area contributed by atoms with Gasteiger partial charge in [0.05, 0.1) is 22.3 Å². The Balaban J connectivity index is 1.58. The van der Waals surface area contributed by atoms with Crippen molar-refractivity contribution in [3.63, 3.8) is 0 Å². The number of carbonyl (C=O) groups excluding carboxylic acids is 1. The maximum atomic E-state index is 15.2. The van der Waals surface area contributed by atoms with Crippen molar-refractivity contribution in [2.45, 2.75) is 13.5 Å². The smallest absolute Gasteiger partial charge is 0.270 e. The number of ether oxygens (including phenoxy) is 1. The van der Waals surface area contributed by atoms with Crippen LogP contribution in [0.1, 0.15) is 27.3 Å². The standard InChI is InChI=1S/C23H15Cl2FN4O2/c1-13-21(30-7-3-2-4-19(30)29-13)23(31)28-12-15-5-6-18(25)22(20(15)26)32-17-9-14(11-27)8-16(24)10-17/h2-10H,12H2,1H3,(H,28,31). The predicted molar refractivity (Wildman–Crippen MR) is 119 cm³/mol. The van der Waals surface area contributed by atoms with E-state index in [1.54, 1.807) is 29.7 Å². The Hall–Kier alpha value is -3.60. The van der Waals surface area contributed by atoms with Crippen LogP contribution in [0.5, 0.6) is 11.5 Å². The Morgan fingerprint density at radius 3 is 2.84 bits per heavy atom. The van der Waals surface area contributed by atoms with Crippen LogP contribution in [0, 0.1) is 24.1 Å². The number of aromatic nitrogens is 2. The van der Waals surface area contributed by atoms with E-state index in [0.717, 1.165) is 0 Å². The molecule has 2 aromatic heterocycles. The summed E-state index contributed by atoms with van der Waals surface area (Å²) in [5.41, 5.74) is 2.00. The van der Waals surface area contributed by atoms with Gasteiger partial charge in [-0.25, -0.2) is 9.37 Å². The Bertz CT molecular complexity index is 1400. The van der Waals surface area contributed by atoms with Crippen molar-refractivity contribution in [3.05, 3.63) is 93.1 Å². The zero-order valence-electron chi connectivity index (χ0n) is 16.7. The number of nitriles is 1. The van der Waals surface area contributed by atoms with Gasteiger partial charge in [-0.15, -0.1) is 0 Å². The van der Waals surface area contributed by atoms with E-state index in [1.807, 2.05) is 12.1 Å². The Morgan fingerprint density at radius 1 is 1.25 bits per heavy atom. The molecule has 0 fully saturated rings. The van der Waals surface area contributed by atoms with E-state index in [-0.39, 0.29) is 39.2 Å². The van der Waals surface area contributed by atoms with E-state index in [1.165, 1.54) is 30.3 Å². The van der Waals surface area contributed by atoms with Crippen LogP contribution in [0.15, 0.2) is 54.7 Å². The van der Waals surface area contributed by atoms with Gasteiger partial charge in [0.15, 0.2) is 11.6 Å². The fraction of sp³-hybridized carbons (Fsp3) is 0.0870. The lowest BCUT2D eigenvalue weighted by atomic mass is 10.2. The number of aryl methyl sites for hydroxylation is 1. The van der Waals surface area contributed by atoms with Gasteiger partial charge in [-0.2, -0.15) is 5.26 Å². The third kappa shape index (κ3) is 4.24. The second-order valence-corrected chi connectivity index (χ2v) is 7.74. The topological polar surface area (TPSA) is 79.4 Å². The average molecular weight is 469 g/mol. The lowest BCUT2D eigenvalue weighted by Gasteiger charge is -2.13. The molecule has 0 unspecified atom stereocenters. The molecule has 1 N–H and O–H groups in total. The lowest BCUT2D eigenvalue weighted by molar-refractivity contribution is 0.0944. The molecule has 6 nitrogen and oxygen atoms in total. The number of amides is 1. The second-order valence-electron chi connectivity index (χ2n) is 6.90.